The highest BCUT2D eigenvalue weighted by Crippen LogP contribution is 2.22. The van der Waals surface area contributed by atoms with Crippen LogP contribution in [0, 0.1) is 6.92 Å². The van der Waals surface area contributed by atoms with Gasteiger partial charge in [0.05, 0.1) is 6.54 Å². The van der Waals surface area contributed by atoms with Gasteiger partial charge in [0, 0.05) is 5.56 Å². The molecule has 5 nitrogen and oxygen atoms in total. The number of amides is 1. The number of furan rings is 1. The van der Waals surface area contributed by atoms with Crippen LogP contribution in [0.3, 0.4) is 0 Å². The topological polar surface area (TPSA) is 79.5 Å². The average Bonchev–Trinajstić information content (AvgIpc) is 2.85. The molecule has 1 aromatic carbocycles. The van der Waals surface area contributed by atoms with Crippen molar-refractivity contribution < 1.29 is 19.1 Å². The van der Waals surface area contributed by atoms with Crippen molar-refractivity contribution in [1.29, 1.82) is 0 Å². The van der Waals surface area contributed by atoms with Crippen molar-refractivity contribution in [2.24, 2.45) is 0 Å². The van der Waals surface area contributed by atoms with Gasteiger partial charge in [-0.25, -0.2) is 4.79 Å². The van der Waals surface area contributed by atoms with Gasteiger partial charge in [-0.05, 0) is 36.1 Å². The number of hydrogen-bond donors (Lipinski definition) is 2. The van der Waals surface area contributed by atoms with Gasteiger partial charge in [0.15, 0.2) is 0 Å². The maximum Gasteiger partial charge on any atom is 0.339 e. The molecule has 0 fully saturated rings. The van der Waals surface area contributed by atoms with Crippen molar-refractivity contribution in [3.05, 3.63) is 58.5 Å². The lowest BCUT2D eigenvalue weighted by Crippen LogP contribution is -2.22. The minimum absolute atomic E-state index is 0.0356. The summed E-state index contributed by atoms with van der Waals surface area (Å²) in [6, 6.07) is 8.88. The molecule has 0 aliphatic carbocycles. The molecular formula is C18H21NO4. The molecule has 0 radical (unpaired) electrons. The highest BCUT2D eigenvalue weighted by Gasteiger charge is 2.16. The number of aryl methyl sites for hydroxylation is 1. The molecule has 23 heavy (non-hydrogen) atoms. The summed E-state index contributed by atoms with van der Waals surface area (Å²) in [7, 11) is 0. The van der Waals surface area contributed by atoms with Crippen LogP contribution in [-0.4, -0.2) is 17.0 Å². The van der Waals surface area contributed by atoms with Crippen LogP contribution in [0.5, 0.6) is 0 Å². The van der Waals surface area contributed by atoms with Gasteiger partial charge in [0.2, 0.25) is 0 Å². The Morgan fingerprint density at radius 2 is 1.78 bits per heavy atom. The number of hydrogen-bond acceptors (Lipinski definition) is 3. The first-order valence-corrected chi connectivity index (χ1v) is 7.40. The second-order valence-electron chi connectivity index (χ2n) is 6.50. The van der Waals surface area contributed by atoms with Crippen molar-refractivity contribution in [1.82, 2.24) is 5.32 Å². The molecule has 0 spiro atoms. The number of benzene rings is 1. The van der Waals surface area contributed by atoms with Crippen LogP contribution in [0.15, 0.2) is 34.7 Å². The summed E-state index contributed by atoms with van der Waals surface area (Å²) in [4.78, 5) is 23.1. The van der Waals surface area contributed by atoms with Gasteiger partial charge >= 0.3 is 5.97 Å². The van der Waals surface area contributed by atoms with Gasteiger partial charge in [-0.2, -0.15) is 0 Å². The number of aromatic carboxylic acids is 1. The molecule has 122 valence electrons. The van der Waals surface area contributed by atoms with Gasteiger partial charge < -0.3 is 14.8 Å². The molecule has 2 N–H and O–H groups in total. The Morgan fingerprint density at radius 3 is 2.26 bits per heavy atom. The second-order valence-corrected chi connectivity index (χ2v) is 6.50. The molecule has 0 aliphatic rings. The molecule has 0 aliphatic heterocycles. The maximum absolute atomic E-state index is 12.1. The zero-order chi connectivity index (χ0) is 17.2. The molecule has 2 aromatic rings. The summed E-state index contributed by atoms with van der Waals surface area (Å²) in [5, 5.41) is 11.7. The first-order valence-electron chi connectivity index (χ1n) is 7.40. The number of carbonyl (C=O) groups excluding carboxylic acids is 1. The second kappa shape index (κ2) is 6.28. The van der Waals surface area contributed by atoms with Crippen molar-refractivity contribution in [2.75, 3.05) is 0 Å². The Hall–Kier alpha value is -2.56. The van der Waals surface area contributed by atoms with Crippen molar-refractivity contribution in [3.8, 4) is 0 Å². The van der Waals surface area contributed by atoms with E-state index in [9.17, 15) is 9.59 Å². The standard InChI is InChI=1S/C18H21NO4/c1-11-15(17(21)22)9-14(23-11)10-19-16(20)12-5-7-13(8-6-12)18(2,3)4/h5-9H,10H2,1-4H3,(H,19,20)(H,21,22). The van der Waals surface area contributed by atoms with Crippen molar-refractivity contribution in [3.63, 3.8) is 0 Å². The van der Waals surface area contributed by atoms with Crippen LogP contribution in [-0.2, 0) is 12.0 Å². The Morgan fingerprint density at radius 1 is 1.17 bits per heavy atom. The predicted molar refractivity (Wildman–Crippen MR) is 86.7 cm³/mol. The molecule has 0 unspecified atom stereocenters. The van der Waals surface area contributed by atoms with E-state index in [0.717, 1.165) is 5.56 Å². The van der Waals surface area contributed by atoms with E-state index in [1.54, 1.807) is 19.1 Å². The minimum atomic E-state index is -1.04. The van der Waals surface area contributed by atoms with E-state index in [0.29, 0.717) is 17.1 Å². The minimum Gasteiger partial charge on any atom is -0.478 e. The summed E-state index contributed by atoms with van der Waals surface area (Å²) in [5.74, 6) is -0.520. The fourth-order valence-corrected chi connectivity index (χ4v) is 2.23. The molecule has 1 heterocycles. The van der Waals surface area contributed by atoms with Gasteiger partial charge in [-0.3, -0.25) is 4.79 Å². The SMILES string of the molecule is Cc1oc(CNC(=O)c2ccc(C(C)(C)C)cc2)cc1C(=O)O. The lowest BCUT2D eigenvalue weighted by Gasteiger charge is -2.19. The third kappa shape index (κ3) is 4.00. The highest BCUT2D eigenvalue weighted by atomic mass is 16.4. The zero-order valence-corrected chi connectivity index (χ0v) is 13.8. The highest BCUT2D eigenvalue weighted by molar-refractivity contribution is 5.94. The Labute approximate surface area is 135 Å². The summed E-state index contributed by atoms with van der Waals surface area (Å²) in [6.07, 6.45) is 0. The van der Waals surface area contributed by atoms with Crippen molar-refractivity contribution in [2.45, 2.75) is 39.7 Å². The van der Waals surface area contributed by atoms with E-state index >= 15 is 0 Å². The van der Waals surface area contributed by atoms with Crippen LogP contribution in [0.2, 0.25) is 0 Å². The lowest BCUT2D eigenvalue weighted by atomic mass is 9.87. The molecule has 5 heteroatoms. The summed E-state index contributed by atoms with van der Waals surface area (Å²) < 4.78 is 5.33. The van der Waals surface area contributed by atoms with Crippen LogP contribution in [0.4, 0.5) is 0 Å². The quantitative estimate of drug-likeness (QED) is 0.905. The van der Waals surface area contributed by atoms with Crippen LogP contribution in [0.25, 0.3) is 0 Å². The fraction of sp³-hybridized carbons (Fsp3) is 0.333. The maximum atomic E-state index is 12.1. The smallest absolute Gasteiger partial charge is 0.339 e. The number of rotatable bonds is 4. The molecule has 2 rings (SSSR count). The average molecular weight is 315 g/mol. The van der Waals surface area contributed by atoms with Gasteiger partial charge in [0.1, 0.15) is 17.1 Å². The summed E-state index contributed by atoms with van der Waals surface area (Å²) in [6.45, 7) is 8.07. The Kier molecular flexibility index (Phi) is 4.59. The number of nitrogens with one attached hydrogen (secondary N) is 1. The number of carboxylic acids is 1. The number of carboxylic acid groups (broad SMARTS) is 1. The third-order valence-corrected chi connectivity index (χ3v) is 3.64. The van der Waals surface area contributed by atoms with Gasteiger partial charge in [0.25, 0.3) is 5.91 Å². The molecule has 1 amide bonds. The number of carbonyl (C=O) groups is 2. The molecule has 0 saturated heterocycles. The fourth-order valence-electron chi connectivity index (χ4n) is 2.23. The largest absolute Gasteiger partial charge is 0.478 e. The van der Waals surface area contributed by atoms with Crippen LogP contribution in [0.1, 0.15) is 58.6 Å². The molecule has 0 atom stereocenters. The van der Waals surface area contributed by atoms with E-state index in [1.807, 2.05) is 12.1 Å². The predicted octanol–water partition coefficient (Wildman–Crippen LogP) is 3.51. The molecular weight excluding hydrogens is 294 g/mol. The zero-order valence-electron chi connectivity index (χ0n) is 13.8. The van der Waals surface area contributed by atoms with Gasteiger partial charge in [-0.15, -0.1) is 0 Å². The van der Waals surface area contributed by atoms with E-state index in [2.05, 4.69) is 26.1 Å². The molecule has 1 aromatic heterocycles. The normalized spacial score (nSPS) is 11.3. The monoisotopic (exact) mass is 315 g/mol. The van der Waals surface area contributed by atoms with E-state index in [4.69, 9.17) is 9.52 Å². The Balaban J connectivity index is 2.02. The summed E-state index contributed by atoms with van der Waals surface area (Å²) in [5.41, 5.74) is 1.86. The third-order valence-electron chi connectivity index (χ3n) is 3.64. The van der Waals surface area contributed by atoms with Crippen LogP contribution < -0.4 is 5.32 Å². The lowest BCUT2D eigenvalue weighted by molar-refractivity contribution is 0.0694. The molecule has 0 saturated carbocycles. The Bertz CT molecular complexity index is 720. The van der Waals surface area contributed by atoms with E-state index in [1.165, 1.54) is 6.07 Å². The van der Waals surface area contributed by atoms with Crippen LogP contribution >= 0.6 is 0 Å². The van der Waals surface area contributed by atoms with Gasteiger partial charge in [-0.1, -0.05) is 32.9 Å². The first-order chi connectivity index (χ1) is 10.7. The summed E-state index contributed by atoms with van der Waals surface area (Å²) >= 11 is 0. The first kappa shape index (κ1) is 16.8. The molecule has 0 bridgehead atoms. The van der Waals surface area contributed by atoms with Crippen molar-refractivity contribution >= 4 is 11.9 Å². The van der Waals surface area contributed by atoms with E-state index in [-0.39, 0.29) is 23.4 Å². The van der Waals surface area contributed by atoms with E-state index < -0.39 is 5.97 Å².